The lowest BCUT2D eigenvalue weighted by molar-refractivity contribution is 0.112. The minimum Gasteiger partial charge on any atom is -0.387 e. The Morgan fingerprint density at radius 1 is 1.11 bits per heavy atom. The minimum absolute atomic E-state index is 0.413. The molecule has 1 unspecified atom stereocenters. The highest BCUT2D eigenvalue weighted by Gasteiger charge is 2.28. The molecule has 4 rings (SSSR count). The van der Waals surface area contributed by atoms with Gasteiger partial charge in [0.2, 0.25) is 0 Å². The van der Waals surface area contributed by atoms with Gasteiger partial charge < -0.3 is 5.11 Å². The van der Waals surface area contributed by atoms with Crippen molar-refractivity contribution in [2.75, 3.05) is 12.0 Å². The normalized spacial score (nSPS) is 15.1. The van der Waals surface area contributed by atoms with Crippen LogP contribution in [0.15, 0.2) is 36.4 Å². The standard InChI is InChI=1S/C19H15Cl3N3O2/c20-12-2-4-17-13(6-12)14-7-24(8-18(14)25(17)23-10-26)9-19(27)11-1-3-15(21)16(22)5-11/h1-6,19,27H,7-9H2,(H,23,26). The summed E-state index contributed by atoms with van der Waals surface area (Å²) in [6, 6.07) is 10.7. The predicted molar refractivity (Wildman–Crippen MR) is 108 cm³/mol. The molecule has 1 aliphatic rings. The minimum atomic E-state index is -0.710. The second kappa shape index (κ2) is 7.34. The molecule has 2 aromatic carbocycles. The molecule has 1 aliphatic heterocycles. The van der Waals surface area contributed by atoms with Crippen LogP contribution in [-0.2, 0) is 17.9 Å². The molecule has 0 bridgehead atoms. The summed E-state index contributed by atoms with van der Waals surface area (Å²) in [5.74, 6) is 0. The number of amides is 1. The summed E-state index contributed by atoms with van der Waals surface area (Å²) >= 11 is 18.1. The molecule has 2 heterocycles. The fourth-order valence-corrected chi connectivity index (χ4v) is 4.07. The zero-order valence-electron chi connectivity index (χ0n) is 14.0. The van der Waals surface area contributed by atoms with Crippen molar-refractivity contribution in [1.82, 2.24) is 9.58 Å². The lowest BCUT2D eigenvalue weighted by Gasteiger charge is -2.21. The van der Waals surface area contributed by atoms with E-state index in [1.807, 2.05) is 12.1 Å². The monoisotopic (exact) mass is 422 g/mol. The fourth-order valence-electron chi connectivity index (χ4n) is 3.59. The van der Waals surface area contributed by atoms with Gasteiger partial charge in [-0.25, -0.2) is 0 Å². The van der Waals surface area contributed by atoms with Crippen molar-refractivity contribution < 1.29 is 9.90 Å². The molecule has 27 heavy (non-hydrogen) atoms. The summed E-state index contributed by atoms with van der Waals surface area (Å²) in [4.78, 5) is 13.0. The highest BCUT2D eigenvalue weighted by atomic mass is 35.5. The lowest BCUT2D eigenvalue weighted by Crippen LogP contribution is -2.25. The Balaban J connectivity index is 1.60. The first-order chi connectivity index (χ1) is 13.0. The number of carbonyl (C=O) groups excluding carboxylic acids is 1. The van der Waals surface area contributed by atoms with Gasteiger partial charge in [0.15, 0.2) is 0 Å². The second-order valence-electron chi connectivity index (χ2n) is 6.49. The zero-order valence-corrected chi connectivity index (χ0v) is 16.3. The Morgan fingerprint density at radius 2 is 1.93 bits per heavy atom. The number of nitrogens with one attached hydrogen (secondary N) is 1. The molecule has 1 atom stereocenters. The molecule has 8 heteroatoms. The molecule has 5 nitrogen and oxygen atoms in total. The zero-order chi connectivity index (χ0) is 19.1. The van der Waals surface area contributed by atoms with Crippen LogP contribution in [0.2, 0.25) is 15.1 Å². The van der Waals surface area contributed by atoms with Crippen LogP contribution in [0.3, 0.4) is 0 Å². The highest BCUT2D eigenvalue weighted by Crippen LogP contribution is 2.35. The van der Waals surface area contributed by atoms with E-state index in [4.69, 9.17) is 34.8 Å². The van der Waals surface area contributed by atoms with Gasteiger partial charge in [-0.1, -0.05) is 40.9 Å². The van der Waals surface area contributed by atoms with E-state index in [9.17, 15) is 9.90 Å². The van der Waals surface area contributed by atoms with E-state index in [1.54, 1.807) is 35.4 Å². The molecule has 0 saturated carbocycles. The van der Waals surface area contributed by atoms with Gasteiger partial charge >= 0.3 is 6.41 Å². The molecule has 0 spiro atoms. The van der Waals surface area contributed by atoms with Crippen LogP contribution in [0.5, 0.6) is 0 Å². The number of halogens is 3. The largest absolute Gasteiger partial charge is 0.387 e. The van der Waals surface area contributed by atoms with Crippen LogP contribution in [-0.4, -0.2) is 27.6 Å². The first-order valence-electron chi connectivity index (χ1n) is 8.28. The summed E-state index contributed by atoms with van der Waals surface area (Å²) in [6.45, 7) is 1.63. The Morgan fingerprint density at radius 3 is 2.67 bits per heavy atom. The Bertz CT molecular complexity index is 1030. The van der Waals surface area contributed by atoms with Crippen molar-refractivity contribution in [3.63, 3.8) is 0 Å². The maximum absolute atomic E-state index is 10.9. The first-order valence-corrected chi connectivity index (χ1v) is 9.41. The van der Waals surface area contributed by atoms with Crippen LogP contribution in [0, 0.1) is 0 Å². The third-order valence-corrected chi connectivity index (χ3v) is 5.79. The molecular formula is C19H15Cl3N3O2. The van der Waals surface area contributed by atoms with E-state index >= 15 is 0 Å². The van der Waals surface area contributed by atoms with Gasteiger partial charge in [-0.05, 0) is 41.5 Å². The molecule has 1 amide bonds. The quantitative estimate of drug-likeness (QED) is 0.603. The van der Waals surface area contributed by atoms with Crippen molar-refractivity contribution in [3.05, 3.63) is 68.3 Å². The second-order valence-corrected chi connectivity index (χ2v) is 7.75. The van der Waals surface area contributed by atoms with E-state index in [0.717, 1.165) is 22.2 Å². The Hall–Kier alpha value is -1.76. The number of hydrogen-bond donors (Lipinski definition) is 2. The van der Waals surface area contributed by atoms with Crippen molar-refractivity contribution in [2.45, 2.75) is 19.2 Å². The predicted octanol–water partition coefficient (Wildman–Crippen LogP) is 4.26. The van der Waals surface area contributed by atoms with Crippen LogP contribution in [0.1, 0.15) is 22.9 Å². The molecule has 139 valence electrons. The van der Waals surface area contributed by atoms with Gasteiger partial charge in [0.1, 0.15) is 0 Å². The molecular weight excluding hydrogens is 409 g/mol. The number of aromatic nitrogens is 1. The summed E-state index contributed by atoms with van der Waals surface area (Å²) in [6.07, 6.45) is 1.02. The van der Waals surface area contributed by atoms with E-state index in [1.165, 1.54) is 0 Å². The van der Waals surface area contributed by atoms with Crippen LogP contribution in [0.4, 0.5) is 0 Å². The summed E-state index contributed by atoms with van der Waals surface area (Å²) in [7, 11) is 0. The van der Waals surface area contributed by atoms with Crippen LogP contribution < -0.4 is 5.43 Å². The molecule has 0 saturated heterocycles. The SMILES string of the molecule is O=[C]Nn1c2c(c3cc(Cl)ccc31)CN(CC(O)c1ccc(Cl)c(Cl)c1)C2. The smallest absolute Gasteiger partial charge is 0.329 e. The first kappa shape index (κ1) is 18.6. The average Bonchev–Trinajstić information content (AvgIpc) is 3.16. The van der Waals surface area contributed by atoms with Crippen molar-refractivity contribution >= 4 is 52.1 Å². The number of benzene rings is 2. The van der Waals surface area contributed by atoms with Gasteiger partial charge in [0.05, 0.1) is 27.4 Å². The Kier molecular flexibility index (Phi) is 5.05. The van der Waals surface area contributed by atoms with E-state index in [-0.39, 0.29) is 0 Å². The average molecular weight is 424 g/mol. The molecule has 0 fully saturated rings. The molecule has 1 radical (unpaired) electrons. The molecule has 3 aromatic rings. The number of aliphatic hydroxyl groups is 1. The number of fused-ring (bicyclic) bond motifs is 3. The number of β-amino-alcohol motifs (C(OH)–C–C–N with tert-alkyl or cyclic N) is 1. The van der Waals surface area contributed by atoms with Gasteiger partial charge in [0, 0.05) is 30.0 Å². The Labute approximate surface area is 171 Å². The third kappa shape index (κ3) is 3.42. The van der Waals surface area contributed by atoms with Gasteiger partial charge in [-0.15, -0.1) is 0 Å². The highest BCUT2D eigenvalue weighted by molar-refractivity contribution is 6.42. The van der Waals surface area contributed by atoms with Crippen molar-refractivity contribution in [2.24, 2.45) is 0 Å². The summed E-state index contributed by atoms with van der Waals surface area (Å²) in [5, 5.41) is 13.1. The fraction of sp³-hybridized carbons (Fsp3) is 0.211. The molecule has 2 N–H and O–H groups in total. The van der Waals surface area contributed by atoms with Gasteiger partial charge in [-0.2, -0.15) is 0 Å². The van der Waals surface area contributed by atoms with Crippen LogP contribution >= 0.6 is 34.8 Å². The van der Waals surface area contributed by atoms with E-state index in [0.29, 0.717) is 40.3 Å². The van der Waals surface area contributed by atoms with Crippen LogP contribution in [0.25, 0.3) is 10.9 Å². The maximum Gasteiger partial charge on any atom is 0.329 e. The number of aliphatic hydroxyl groups excluding tert-OH is 1. The number of rotatable bonds is 5. The number of nitrogens with zero attached hydrogens (tertiary/aromatic N) is 2. The van der Waals surface area contributed by atoms with Gasteiger partial charge in [0.25, 0.3) is 0 Å². The maximum atomic E-state index is 10.9. The van der Waals surface area contributed by atoms with Crippen molar-refractivity contribution in [3.8, 4) is 0 Å². The van der Waals surface area contributed by atoms with E-state index in [2.05, 4.69) is 10.3 Å². The van der Waals surface area contributed by atoms with Crippen molar-refractivity contribution in [1.29, 1.82) is 0 Å². The number of hydrogen-bond acceptors (Lipinski definition) is 3. The third-order valence-electron chi connectivity index (χ3n) is 4.81. The molecule has 1 aromatic heterocycles. The lowest BCUT2D eigenvalue weighted by atomic mass is 10.1. The topological polar surface area (TPSA) is 57.5 Å². The summed E-state index contributed by atoms with van der Waals surface area (Å²) in [5.41, 5.74) is 6.23. The van der Waals surface area contributed by atoms with Gasteiger partial charge in [-0.3, -0.25) is 19.8 Å². The summed E-state index contributed by atoms with van der Waals surface area (Å²) < 4.78 is 1.72. The molecule has 0 aliphatic carbocycles. The van der Waals surface area contributed by atoms with E-state index < -0.39 is 6.10 Å².